The van der Waals surface area contributed by atoms with E-state index in [1.54, 1.807) is 24.3 Å². The Morgan fingerprint density at radius 1 is 0.963 bits per heavy atom. The third-order valence-electron chi connectivity index (χ3n) is 4.18. The maximum atomic E-state index is 13.1. The van der Waals surface area contributed by atoms with Gasteiger partial charge in [-0.1, -0.05) is 58.5 Å². The number of hydrogen-bond acceptors (Lipinski definition) is 3. The lowest BCUT2D eigenvalue weighted by Crippen LogP contribution is -2.21. The van der Waals surface area contributed by atoms with Crippen molar-refractivity contribution in [2.45, 2.75) is 6.54 Å². The fraction of sp³-hybridized carbons (Fsp3) is 0.0526. The minimum absolute atomic E-state index is 0.168. The highest BCUT2D eigenvalue weighted by atomic mass is 35.5. The standard InChI is InChI=1S/C19H10Cl4N2OS/c20-11-3-1-10(2-4-11)13-8-27-18-16(13)19(26)25(9-24-18)7-12-14(21)5-6-15(22)17(12)23/h1-6,8-9H,7H2. The second kappa shape index (κ2) is 7.46. The summed E-state index contributed by atoms with van der Waals surface area (Å²) >= 11 is 26.0. The highest BCUT2D eigenvalue weighted by Crippen LogP contribution is 2.33. The molecule has 0 aliphatic heterocycles. The number of thiophene rings is 1. The first-order valence-corrected chi connectivity index (χ1v) is 10.2. The predicted octanol–water partition coefficient (Wildman–Crippen LogP) is 6.79. The maximum Gasteiger partial charge on any atom is 0.263 e. The van der Waals surface area contributed by atoms with Crippen LogP contribution in [0, 0.1) is 0 Å². The van der Waals surface area contributed by atoms with E-state index in [4.69, 9.17) is 46.4 Å². The van der Waals surface area contributed by atoms with Gasteiger partial charge in [-0.15, -0.1) is 11.3 Å². The van der Waals surface area contributed by atoms with Crippen molar-refractivity contribution in [2.24, 2.45) is 0 Å². The molecule has 0 unspecified atom stereocenters. The number of hydrogen-bond donors (Lipinski definition) is 0. The van der Waals surface area contributed by atoms with E-state index < -0.39 is 0 Å². The van der Waals surface area contributed by atoms with Crippen LogP contribution in [0.25, 0.3) is 21.3 Å². The van der Waals surface area contributed by atoms with Crippen LogP contribution in [0.4, 0.5) is 0 Å². The van der Waals surface area contributed by atoms with Gasteiger partial charge in [0.2, 0.25) is 0 Å². The minimum atomic E-state index is -0.168. The van der Waals surface area contributed by atoms with Gasteiger partial charge in [0.25, 0.3) is 5.56 Å². The molecule has 0 amide bonds. The first-order valence-electron chi connectivity index (χ1n) is 7.80. The van der Waals surface area contributed by atoms with Crippen LogP contribution in [-0.2, 0) is 6.54 Å². The van der Waals surface area contributed by atoms with Crippen molar-refractivity contribution in [3.05, 3.63) is 84.1 Å². The predicted molar refractivity (Wildman–Crippen MR) is 115 cm³/mol. The molecule has 0 aliphatic rings. The van der Waals surface area contributed by atoms with Crippen molar-refractivity contribution >= 4 is 68.0 Å². The van der Waals surface area contributed by atoms with Crippen molar-refractivity contribution < 1.29 is 0 Å². The topological polar surface area (TPSA) is 34.9 Å². The molecule has 2 heterocycles. The molecular formula is C19H10Cl4N2OS. The molecule has 0 aliphatic carbocycles. The molecular weight excluding hydrogens is 446 g/mol. The zero-order valence-electron chi connectivity index (χ0n) is 13.5. The second-order valence-corrected chi connectivity index (χ2v) is 8.32. The molecule has 0 fully saturated rings. The maximum absolute atomic E-state index is 13.1. The number of fused-ring (bicyclic) bond motifs is 1. The molecule has 0 bridgehead atoms. The summed E-state index contributed by atoms with van der Waals surface area (Å²) in [5.74, 6) is 0. The number of nitrogens with zero attached hydrogens (tertiary/aromatic N) is 2. The number of benzene rings is 2. The van der Waals surface area contributed by atoms with Crippen molar-refractivity contribution in [1.82, 2.24) is 9.55 Å². The van der Waals surface area contributed by atoms with Gasteiger partial charge < -0.3 is 0 Å². The van der Waals surface area contributed by atoms with E-state index in [1.807, 2.05) is 17.5 Å². The van der Waals surface area contributed by atoms with E-state index in [0.717, 1.165) is 11.1 Å². The smallest absolute Gasteiger partial charge is 0.263 e. The van der Waals surface area contributed by atoms with Crippen molar-refractivity contribution in [3.8, 4) is 11.1 Å². The normalized spacial score (nSPS) is 11.3. The highest BCUT2D eigenvalue weighted by Gasteiger charge is 2.16. The van der Waals surface area contributed by atoms with Gasteiger partial charge in [0, 0.05) is 26.6 Å². The third-order valence-corrected chi connectivity index (χ3v) is 6.52. The first kappa shape index (κ1) is 18.8. The van der Waals surface area contributed by atoms with E-state index in [1.165, 1.54) is 22.2 Å². The zero-order chi connectivity index (χ0) is 19.1. The Labute approximate surface area is 178 Å². The molecule has 0 saturated carbocycles. The number of rotatable bonds is 3. The summed E-state index contributed by atoms with van der Waals surface area (Å²) in [5.41, 5.74) is 2.14. The molecule has 0 atom stereocenters. The van der Waals surface area contributed by atoms with Crippen molar-refractivity contribution in [3.63, 3.8) is 0 Å². The Bertz CT molecular complexity index is 1220. The molecule has 27 heavy (non-hydrogen) atoms. The van der Waals surface area contributed by atoms with Gasteiger partial charge in [0.15, 0.2) is 0 Å². The summed E-state index contributed by atoms with van der Waals surface area (Å²) in [5, 5.41) is 4.28. The minimum Gasteiger partial charge on any atom is -0.294 e. The van der Waals surface area contributed by atoms with Gasteiger partial charge in [-0.05, 0) is 29.8 Å². The zero-order valence-corrected chi connectivity index (χ0v) is 17.4. The largest absolute Gasteiger partial charge is 0.294 e. The Hall–Kier alpha value is -1.56. The van der Waals surface area contributed by atoms with Gasteiger partial charge in [0.05, 0.1) is 28.3 Å². The number of aromatic nitrogens is 2. The van der Waals surface area contributed by atoms with Crippen LogP contribution in [0.5, 0.6) is 0 Å². The van der Waals surface area contributed by atoms with Crippen LogP contribution >= 0.6 is 57.7 Å². The molecule has 136 valence electrons. The summed E-state index contributed by atoms with van der Waals surface area (Å²) in [7, 11) is 0. The average Bonchev–Trinajstić information content (AvgIpc) is 3.09. The highest BCUT2D eigenvalue weighted by molar-refractivity contribution is 7.17. The summed E-state index contributed by atoms with van der Waals surface area (Å²) in [6, 6.07) is 10.6. The molecule has 2 aromatic heterocycles. The van der Waals surface area contributed by atoms with Crippen LogP contribution in [0.1, 0.15) is 5.56 Å². The molecule has 3 nitrogen and oxygen atoms in total. The lowest BCUT2D eigenvalue weighted by Gasteiger charge is -2.11. The molecule has 4 aromatic rings. The monoisotopic (exact) mass is 454 g/mol. The Kier molecular flexibility index (Phi) is 5.19. The molecule has 2 aromatic carbocycles. The van der Waals surface area contributed by atoms with Gasteiger partial charge >= 0.3 is 0 Å². The summed E-state index contributed by atoms with van der Waals surface area (Å²) in [4.78, 5) is 18.2. The fourth-order valence-corrected chi connectivity index (χ4v) is 4.51. The number of halogens is 4. The quantitative estimate of drug-likeness (QED) is 0.319. The Balaban J connectivity index is 1.86. The van der Waals surface area contributed by atoms with Crippen LogP contribution in [-0.4, -0.2) is 9.55 Å². The van der Waals surface area contributed by atoms with Gasteiger partial charge in [0.1, 0.15) is 4.83 Å². The van der Waals surface area contributed by atoms with E-state index in [2.05, 4.69) is 4.98 Å². The molecule has 4 rings (SSSR count). The molecule has 8 heteroatoms. The lowest BCUT2D eigenvalue weighted by molar-refractivity contribution is 0.750. The fourth-order valence-electron chi connectivity index (χ4n) is 2.81. The van der Waals surface area contributed by atoms with E-state index in [0.29, 0.717) is 35.9 Å². The molecule has 0 radical (unpaired) electrons. The van der Waals surface area contributed by atoms with E-state index in [-0.39, 0.29) is 12.1 Å². The SMILES string of the molecule is O=c1c2c(-c3ccc(Cl)cc3)csc2ncn1Cc1c(Cl)ccc(Cl)c1Cl. The second-order valence-electron chi connectivity index (χ2n) is 5.84. The summed E-state index contributed by atoms with van der Waals surface area (Å²) in [6.45, 7) is 0.176. The molecule has 0 N–H and O–H groups in total. The summed E-state index contributed by atoms with van der Waals surface area (Å²) < 4.78 is 1.48. The lowest BCUT2D eigenvalue weighted by atomic mass is 10.1. The van der Waals surface area contributed by atoms with E-state index >= 15 is 0 Å². The third kappa shape index (κ3) is 3.48. The van der Waals surface area contributed by atoms with Crippen molar-refractivity contribution in [2.75, 3.05) is 0 Å². The molecule has 0 saturated heterocycles. The first-order chi connectivity index (χ1) is 13.0. The summed E-state index contributed by atoms with van der Waals surface area (Å²) in [6.07, 6.45) is 1.50. The van der Waals surface area contributed by atoms with Crippen LogP contribution in [0.2, 0.25) is 20.1 Å². The Morgan fingerprint density at radius 2 is 1.67 bits per heavy atom. The van der Waals surface area contributed by atoms with E-state index in [9.17, 15) is 4.79 Å². The van der Waals surface area contributed by atoms with Crippen LogP contribution in [0.15, 0.2) is 52.9 Å². The Morgan fingerprint density at radius 3 is 2.41 bits per heavy atom. The van der Waals surface area contributed by atoms with Gasteiger partial charge in [-0.2, -0.15) is 0 Å². The van der Waals surface area contributed by atoms with Gasteiger partial charge in [-0.3, -0.25) is 9.36 Å². The van der Waals surface area contributed by atoms with Crippen LogP contribution in [0.3, 0.4) is 0 Å². The average molecular weight is 456 g/mol. The molecule has 0 spiro atoms. The van der Waals surface area contributed by atoms with Crippen LogP contribution < -0.4 is 5.56 Å². The van der Waals surface area contributed by atoms with Gasteiger partial charge in [-0.25, -0.2) is 4.98 Å². The van der Waals surface area contributed by atoms with Crippen molar-refractivity contribution in [1.29, 1.82) is 0 Å².